The zero-order valence-corrected chi connectivity index (χ0v) is 18.5. The molecule has 8 heteroatoms. The van der Waals surface area contributed by atoms with Crippen LogP contribution in [0.2, 0.25) is 0 Å². The molecule has 4 aromatic rings. The number of carbonyl (C=O) groups is 2. The van der Waals surface area contributed by atoms with Gasteiger partial charge in [0.15, 0.2) is 5.69 Å². The second-order valence-electron chi connectivity index (χ2n) is 7.30. The van der Waals surface area contributed by atoms with Crippen molar-refractivity contribution in [2.45, 2.75) is 13.0 Å². The minimum Gasteiger partial charge on any atom is -0.422 e. The quantitative estimate of drug-likeness (QED) is 0.227. The van der Waals surface area contributed by atoms with Crippen molar-refractivity contribution in [2.24, 2.45) is 0 Å². The van der Waals surface area contributed by atoms with E-state index in [-0.39, 0.29) is 17.6 Å². The highest BCUT2D eigenvalue weighted by atomic mass is 32.1. The summed E-state index contributed by atoms with van der Waals surface area (Å²) in [5.41, 5.74) is 1.46. The third-order valence-electron chi connectivity index (χ3n) is 5.06. The van der Waals surface area contributed by atoms with E-state index < -0.39 is 12.0 Å². The Morgan fingerprint density at radius 2 is 1.70 bits per heavy atom. The fourth-order valence-electron chi connectivity index (χ4n) is 3.29. The summed E-state index contributed by atoms with van der Waals surface area (Å²) in [6.45, 7) is 1.79. The first-order valence-electron chi connectivity index (χ1n) is 10.1. The van der Waals surface area contributed by atoms with E-state index in [1.54, 1.807) is 49.5 Å². The summed E-state index contributed by atoms with van der Waals surface area (Å²) in [6.07, 6.45) is 1.56. The molecule has 1 heterocycles. The summed E-state index contributed by atoms with van der Waals surface area (Å²) in [7, 11) is 0. The molecule has 1 aromatic heterocycles. The number of carbonyl (C=O) groups excluding carboxylic acids is 2. The molecule has 0 aliphatic rings. The van der Waals surface area contributed by atoms with Crippen LogP contribution in [0.15, 0.2) is 85.1 Å². The summed E-state index contributed by atoms with van der Waals surface area (Å²) in [5, 5.41) is 4.39. The van der Waals surface area contributed by atoms with Gasteiger partial charge >= 0.3 is 12.0 Å². The van der Waals surface area contributed by atoms with Crippen molar-refractivity contribution in [3.8, 4) is 5.75 Å². The molecule has 0 spiro atoms. The van der Waals surface area contributed by atoms with Gasteiger partial charge in [-0.1, -0.05) is 49.2 Å². The van der Waals surface area contributed by atoms with Gasteiger partial charge in [-0.05, 0) is 60.3 Å². The monoisotopic (exact) mass is 461 g/mol. The molecule has 33 heavy (non-hydrogen) atoms. The third-order valence-corrected chi connectivity index (χ3v) is 5.47. The van der Waals surface area contributed by atoms with Crippen LogP contribution in [-0.2, 0) is 0 Å². The van der Waals surface area contributed by atoms with Crippen LogP contribution in [0.1, 0.15) is 29.0 Å². The Bertz CT molecular complexity index is 1290. The molecule has 2 amide bonds. The lowest BCUT2D eigenvalue weighted by molar-refractivity contribution is 0.0731. The maximum absolute atomic E-state index is 13.1. The maximum Gasteiger partial charge on any atom is 0.362 e. The first-order valence-corrected chi connectivity index (χ1v) is 10.5. The Kier molecular flexibility index (Phi) is 6.55. The molecule has 0 aliphatic carbocycles. The number of amides is 2. The number of rotatable bonds is 5. The first kappa shape index (κ1) is 22.3. The van der Waals surface area contributed by atoms with Gasteiger partial charge in [0.25, 0.3) is 0 Å². The molecule has 0 saturated carbocycles. The molecule has 0 radical (unpaired) electrons. The van der Waals surface area contributed by atoms with Gasteiger partial charge in [-0.2, -0.15) is 0 Å². The molecule has 0 fully saturated rings. The fourth-order valence-corrected chi connectivity index (χ4v) is 3.48. The van der Waals surface area contributed by atoms with Crippen molar-refractivity contribution in [1.82, 2.24) is 10.3 Å². The van der Waals surface area contributed by atoms with Crippen LogP contribution >= 0.6 is 12.8 Å². The summed E-state index contributed by atoms with van der Waals surface area (Å²) in [5.74, 6) is -0.612. The Hall–Kier alpha value is -3.91. The van der Waals surface area contributed by atoms with Crippen LogP contribution in [0.25, 0.3) is 10.8 Å². The van der Waals surface area contributed by atoms with Gasteiger partial charge in [0.2, 0.25) is 0 Å². The predicted molar refractivity (Wildman–Crippen MR) is 128 cm³/mol. The fraction of sp³-hybridized carbons (Fsp3) is 0.0800. The van der Waals surface area contributed by atoms with Crippen LogP contribution in [0.5, 0.6) is 5.75 Å². The SMILES string of the molecule is CC(NC(=O)N(S)c1ccc(OC(=O)c2nccc3ccccc23)cc1)c1ccc(F)cc1. The van der Waals surface area contributed by atoms with Crippen molar-refractivity contribution in [2.75, 3.05) is 4.31 Å². The van der Waals surface area contributed by atoms with Crippen molar-refractivity contribution in [3.05, 3.63) is 102 Å². The van der Waals surface area contributed by atoms with Crippen LogP contribution in [0, 0.1) is 5.82 Å². The van der Waals surface area contributed by atoms with Gasteiger partial charge in [0.1, 0.15) is 11.6 Å². The number of nitrogens with zero attached hydrogens (tertiary/aromatic N) is 2. The average Bonchev–Trinajstić information content (AvgIpc) is 2.84. The lowest BCUT2D eigenvalue weighted by atomic mass is 10.1. The Balaban J connectivity index is 1.41. The van der Waals surface area contributed by atoms with E-state index in [4.69, 9.17) is 4.74 Å². The Morgan fingerprint density at radius 3 is 2.42 bits per heavy atom. The number of anilines is 1. The molecule has 0 aliphatic heterocycles. The summed E-state index contributed by atoms with van der Waals surface area (Å²) < 4.78 is 19.7. The number of fused-ring (bicyclic) bond motifs is 1. The molecule has 0 saturated heterocycles. The molecule has 4 rings (SSSR count). The largest absolute Gasteiger partial charge is 0.422 e. The minimum atomic E-state index is -0.576. The highest BCUT2D eigenvalue weighted by Crippen LogP contribution is 2.24. The van der Waals surface area contributed by atoms with E-state index in [0.29, 0.717) is 16.8 Å². The molecule has 0 bridgehead atoms. The van der Waals surface area contributed by atoms with Crippen LogP contribution in [-0.4, -0.2) is 17.0 Å². The molecule has 6 nitrogen and oxygen atoms in total. The number of nitrogens with one attached hydrogen (secondary N) is 1. The van der Waals surface area contributed by atoms with Gasteiger partial charge in [0, 0.05) is 11.6 Å². The summed E-state index contributed by atoms with van der Waals surface area (Å²) in [4.78, 5) is 29.3. The molecule has 1 atom stereocenters. The number of pyridine rings is 1. The lowest BCUT2D eigenvalue weighted by Gasteiger charge is -2.20. The molecule has 3 aromatic carbocycles. The van der Waals surface area contributed by atoms with Crippen molar-refractivity contribution < 1.29 is 18.7 Å². The first-order chi connectivity index (χ1) is 15.9. The molecular formula is C25H20FN3O3S. The van der Waals surface area contributed by atoms with Crippen LogP contribution in [0.4, 0.5) is 14.9 Å². The topological polar surface area (TPSA) is 71.5 Å². The third kappa shape index (κ3) is 5.12. The molecule has 1 N–H and O–H groups in total. The zero-order valence-electron chi connectivity index (χ0n) is 17.6. The lowest BCUT2D eigenvalue weighted by Crippen LogP contribution is -2.35. The van der Waals surface area contributed by atoms with E-state index >= 15 is 0 Å². The number of urea groups is 1. The Labute approximate surface area is 195 Å². The van der Waals surface area contributed by atoms with Crippen molar-refractivity contribution >= 4 is 41.3 Å². The highest BCUT2D eigenvalue weighted by molar-refractivity contribution is 7.82. The van der Waals surface area contributed by atoms with Gasteiger partial charge in [-0.25, -0.2) is 23.3 Å². The number of hydrogen-bond acceptors (Lipinski definition) is 5. The van der Waals surface area contributed by atoms with Gasteiger partial charge in [0.05, 0.1) is 11.7 Å². The smallest absolute Gasteiger partial charge is 0.362 e. The van der Waals surface area contributed by atoms with Gasteiger partial charge in [-0.15, -0.1) is 0 Å². The van der Waals surface area contributed by atoms with Gasteiger partial charge < -0.3 is 10.1 Å². The normalized spacial score (nSPS) is 11.6. The van der Waals surface area contributed by atoms with E-state index in [1.165, 1.54) is 12.1 Å². The highest BCUT2D eigenvalue weighted by Gasteiger charge is 2.17. The standard InChI is InChI=1S/C25H20FN3O3S/c1-16(17-6-8-19(26)9-7-17)28-25(31)29(33)20-10-12-21(13-11-20)32-24(30)23-22-5-3-2-4-18(22)14-15-27-23/h2-16,33H,1H3,(H,28,31). The zero-order chi connectivity index (χ0) is 23.4. The van der Waals surface area contributed by atoms with E-state index in [1.807, 2.05) is 30.3 Å². The summed E-state index contributed by atoms with van der Waals surface area (Å²) >= 11 is 4.26. The number of benzene rings is 3. The Morgan fingerprint density at radius 1 is 1.00 bits per heavy atom. The molecular weight excluding hydrogens is 441 g/mol. The number of hydrogen-bond donors (Lipinski definition) is 2. The van der Waals surface area contributed by atoms with E-state index in [2.05, 4.69) is 23.1 Å². The number of thiol groups is 1. The maximum atomic E-state index is 13.1. The van der Waals surface area contributed by atoms with Crippen molar-refractivity contribution in [1.29, 1.82) is 0 Å². The second-order valence-corrected chi connectivity index (χ2v) is 7.70. The van der Waals surface area contributed by atoms with Crippen LogP contribution < -0.4 is 14.4 Å². The predicted octanol–water partition coefficient (Wildman–Crippen LogP) is 5.72. The van der Waals surface area contributed by atoms with Gasteiger partial charge in [-0.3, -0.25) is 0 Å². The van der Waals surface area contributed by atoms with Crippen molar-refractivity contribution in [3.63, 3.8) is 0 Å². The minimum absolute atomic E-state index is 0.224. The second kappa shape index (κ2) is 9.70. The number of ether oxygens (including phenoxy) is 1. The van der Waals surface area contributed by atoms with Crippen LogP contribution in [0.3, 0.4) is 0 Å². The number of halogens is 1. The molecule has 1 unspecified atom stereocenters. The molecule has 166 valence electrons. The number of aromatic nitrogens is 1. The summed E-state index contributed by atoms with van der Waals surface area (Å²) in [6, 6.07) is 20.7. The van der Waals surface area contributed by atoms with E-state index in [0.717, 1.165) is 15.3 Å². The number of esters is 1. The average molecular weight is 462 g/mol. The van der Waals surface area contributed by atoms with E-state index in [9.17, 15) is 14.0 Å².